The topological polar surface area (TPSA) is 104 Å². The largest absolute Gasteiger partial charge is 0.508 e. The van der Waals surface area contributed by atoms with E-state index in [0.29, 0.717) is 11.1 Å². The Morgan fingerprint density at radius 2 is 1.59 bits per heavy atom. The average molecular weight is 511 g/mol. The lowest BCUT2D eigenvalue weighted by Gasteiger charge is -2.28. The Bertz CT molecular complexity index is 1210. The van der Waals surface area contributed by atoms with Gasteiger partial charge in [0.25, 0.3) is 0 Å². The number of Topliss-reactive ketones (excluding diaryl/α,β-unsaturated/α-hetero) is 1. The van der Waals surface area contributed by atoms with Crippen molar-refractivity contribution in [2.75, 3.05) is 6.54 Å². The van der Waals surface area contributed by atoms with Crippen molar-refractivity contribution >= 4 is 11.7 Å². The van der Waals surface area contributed by atoms with Crippen molar-refractivity contribution in [2.24, 2.45) is 5.73 Å². The standard InChI is InChI=1S/C29H32F2N2O4/c1-2-19-5-3-6-20(11-19)17-33(29(37)10-9-27(35)22-7-4-8-25(34)15-22)18-28(36)26(32)14-21-12-23(30)16-24(31)13-21/h3-8,11-13,15-16,26,28,34,36H,2,9-10,14,17-18,32H2,1H3. The van der Waals surface area contributed by atoms with E-state index in [1.165, 1.54) is 17.0 Å². The summed E-state index contributed by atoms with van der Waals surface area (Å²) in [5, 5.41) is 20.4. The van der Waals surface area contributed by atoms with Gasteiger partial charge in [0, 0.05) is 43.6 Å². The molecule has 0 saturated heterocycles. The molecule has 0 fully saturated rings. The maximum Gasteiger partial charge on any atom is 0.223 e. The molecular formula is C29H32F2N2O4. The molecule has 8 heteroatoms. The molecule has 0 aliphatic heterocycles. The monoisotopic (exact) mass is 510 g/mol. The molecule has 0 spiro atoms. The van der Waals surface area contributed by atoms with Crippen LogP contribution in [0.15, 0.2) is 66.7 Å². The zero-order valence-corrected chi connectivity index (χ0v) is 20.7. The molecule has 0 radical (unpaired) electrons. The van der Waals surface area contributed by atoms with E-state index in [9.17, 15) is 28.6 Å². The molecule has 3 aromatic carbocycles. The molecule has 0 heterocycles. The minimum atomic E-state index is -1.17. The molecule has 4 N–H and O–H groups in total. The van der Waals surface area contributed by atoms with E-state index in [2.05, 4.69) is 0 Å². The Hall–Kier alpha value is -3.62. The van der Waals surface area contributed by atoms with Gasteiger partial charge < -0.3 is 20.8 Å². The SMILES string of the molecule is CCc1cccc(CN(CC(O)C(N)Cc2cc(F)cc(F)c2)C(=O)CCC(=O)c2cccc(O)c2)c1. The highest BCUT2D eigenvalue weighted by molar-refractivity contribution is 5.98. The highest BCUT2D eigenvalue weighted by Crippen LogP contribution is 2.17. The molecule has 0 aliphatic carbocycles. The number of aliphatic hydroxyl groups is 1. The van der Waals surface area contributed by atoms with Gasteiger partial charge >= 0.3 is 0 Å². The maximum atomic E-state index is 13.6. The van der Waals surface area contributed by atoms with Gasteiger partial charge in [-0.1, -0.05) is 43.3 Å². The van der Waals surface area contributed by atoms with E-state index in [1.807, 2.05) is 31.2 Å². The molecule has 2 atom stereocenters. The first-order valence-electron chi connectivity index (χ1n) is 12.2. The Balaban J connectivity index is 1.71. The number of aliphatic hydroxyl groups excluding tert-OH is 1. The van der Waals surface area contributed by atoms with Crippen LogP contribution in [0.5, 0.6) is 5.75 Å². The van der Waals surface area contributed by atoms with Crippen LogP contribution in [0.3, 0.4) is 0 Å². The lowest BCUT2D eigenvalue weighted by molar-refractivity contribution is -0.133. The zero-order valence-electron chi connectivity index (χ0n) is 20.7. The van der Waals surface area contributed by atoms with Gasteiger partial charge in [-0.3, -0.25) is 9.59 Å². The number of ketones is 1. The normalized spacial score (nSPS) is 12.7. The van der Waals surface area contributed by atoms with E-state index < -0.39 is 23.8 Å². The van der Waals surface area contributed by atoms with Gasteiger partial charge in [0.2, 0.25) is 5.91 Å². The molecule has 196 valence electrons. The highest BCUT2D eigenvalue weighted by atomic mass is 19.1. The van der Waals surface area contributed by atoms with Gasteiger partial charge in [0.15, 0.2) is 5.78 Å². The molecule has 0 saturated carbocycles. The molecule has 2 unspecified atom stereocenters. The smallest absolute Gasteiger partial charge is 0.223 e. The van der Waals surface area contributed by atoms with Crippen molar-refractivity contribution in [3.63, 3.8) is 0 Å². The van der Waals surface area contributed by atoms with Gasteiger partial charge in [-0.2, -0.15) is 0 Å². The van der Waals surface area contributed by atoms with Crippen LogP contribution in [-0.4, -0.2) is 45.5 Å². The Labute approximate surface area is 215 Å². The first kappa shape index (κ1) is 28.0. The van der Waals surface area contributed by atoms with Crippen molar-refractivity contribution in [1.82, 2.24) is 4.90 Å². The summed E-state index contributed by atoms with van der Waals surface area (Å²) < 4.78 is 27.1. The second-order valence-electron chi connectivity index (χ2n) is 9.13. The van der Waals surface area contributed by atoms with Crippen molar-refractivity contribution in [3.05, 3.63) is 101 Å². The van der Waals surface area contributed by atoms with Gasteiger partial charge in [0.05, 0.1) is 6.10 Å². The molecule has 37 heavy (non-hydrogen) atoms. The van der Waals surface area contributed by atoms with Crippen LogP contribution in [0, 0.1) is 11.6 Å². The number of amides is 1. The number of phenolic OH excluding ortho intramolecular Hbond substituents is 1. The first-order chi connectivity index (χ1) is 17.6. The van der Waals surface area contributed by atoms with Crippen LogP contribution < -0.4 is 5.73 Å². The van der Waals surface area contributed by atoms with Crippen LogP contribution >= 0.6 is 0 Å². The third-order valence-electron chi connectivity index (χ3n) is 6.16. The number of phenols is 1. The molecule has 3 aromatic rings. The van der Waals surface area contributed by atoms with Crippen LogP contribution in [0.25, 0.3) is 0 Å². The van der Waals surface area contributed by atoms with Gasteiger partial charge in [-0.15, -0.1) is 0 Å². The summed E-state index contributed by atoms with van der Waals surface area (Å²) in [5.41, 5.74) is 8.70. The van der Waals surface area contributed by atoms with Crippen molar-refractivity contribution in [1.29, 1.82) is 0 Å². The fourth-order valence-corrected chi connectivity index (χ4v) is 4.12. The van der Waals surface area contributed by atoms with E-state index in [4.69, 9.17) is 5.73 Å². The fraction of sp³-hybridized carbons (Fsp3) is 0.310. The summed E-state index contributed by atoms with van der Waals surface area (Å²) in [6, 6.07) is 15.8. The summed E-state index contributed by atoms with van der Waals surface area (Å²) in [7, 11) is 0. The quantitative estimate of drug-likeness (QED) is 0.318. The van der Waals surface area contributed by atoms with Gasteiger partial charge in [0.1, 0.15) is 17.4 Å². The molecule has 3 rings (SSSR count). The zero-order chi connectivity index (χ0) is 26.9. The predicted octanol–water partition coefficient (Wildman–Crippen LogP) is 4.16. The average Bonchev–Trinajstić information content (AvgIpc) is 2.86. The Kier molecular flexibility index (Phi) is 9.88. The van der Waals surface area contributed by atoms with Gasteiger partial charge in [-0.05, 0) is 53.8 Å². The number of benzene rings is 3. The number of carbonyl (C=O) groups excluding carboxylic acids is 2. The summed E-state index contributed by atoms with van der Waals surface area (Å²) in [6.45, 7) is 2.10. The minimum absolute atomic E-state index is 0.0131. The third-order valence-corrected chi connectivity index (χ3v) is 6.16. The predicted molar refractivity (Wildman–Crippen MR) is 137 cm³/mol. The third kappa shape index (κ3) is 8.48. The fourth-order valence-electron chi connectivity index (χ4n) is 4.12. The number of nitrogens with two attached hydrogens (primary N) is 1. The van der Waals surface area contributed by atoms with Crippen LogP contribution in [-0.2, 0) is 24.2 Å². The van der Waals surface area contributed by atoms with E-state index in [-0.39, 0.29) is 49.8 Å². The lowest BCUT2D eigenvalue weighted by Crippen LogP contribution is -2.46. The van der Waals surface area contributed by atoms with Crippen LogP contribution in [0.2, 0.25) is 0 Å². The number of aryl methyl sites for hydroxylation is 1. The highest BCUT2D eigenvalue weighted by Gasteiger charge is 2.24. The molecule has 6 nitrogen and oxygen atoms in total. The number of hydrogen-bond acceptors (Lipinski definition) is 5. The van der Waals surface area contributed by atoms with Crippen molar-refractivity contribution in [3.8, 4) is 5.75 Å². The van der Waals surface area contributed by atoms with E-state index in [1.54, 1.807) is 12.1 Å². The van der Waals surface area contributed by atoms with Gasteiger partial charge in [-0.25, -0.2) is 8.78 Å². The minimum Gasteiger partial charge on any atom is -0.508 e. The molecular weight excluding hydrogens is 478 g/mol. The molecule has 0 aromatic heterocycles. The molecule has 0 bridgehead atoms. The number of halogens is 2. The Morgan fingerprint density at radius 1 is 0.919 bits per heavy atom. The van der Waals surface area contributed by atoms with Crippen molar-refractivity contribution < 1.29 is 28.6 Å². The molecule has 1 amide bonds. The number of hydrogen-bond donors (Lipinski definition) is 3. The summed E-state index contributed by atoms with van der Waals surface area (Å²) in [6.07, 6.45) is -0.513. The van der Waals surface area contributed by atoms with E-state index >= 15 is 0 Å². The number of carbonyl (C=O) groups is 2. The summed E-state index contributed by atoms with van der Waals surface area (Å²) in [4.78, 5) is 27.2. The second-order valence-corrected chi connectivity index (χ2v) is 9.13. The van der Waals surface area contributed by atoms with E-state index in [0.717, 1.165) is 35.7 Å². The summed E-state index contributed by atoms with van der Waals surface area (Å²) >= 11 is 0. The molecule has 0 aliphatic rings. The second kappa shape index (κ2) is 13.1. The first-order valence-corrected chi connectivity index (χ1v) is 12.2. The Morgan fingerprint density at radius 3 is 2.27 bits per heavy atom. The maximum absolute atomic E-state index is 13.6. The number of rotatable bonds is 12. The van der Waals surface area contributed by atoms with Crippen LogP contribution in [0.4, 0.5) is 8.78 Å². The summed E-state index contributed by atoms with van der Waals surface area (Å²) in [5.74, 6) is -2.15. The number of aromatic hydroxyl groups is 1. The lowest BCUT2D eigenvalue weighted by atomic mass is 10.0. The van der Waals surface area contributed by atoms with Crippen molar-refractivity contribution in [2.45, 2.75) is 51.3 Å². The number of nitrogens with zero attached hydrogens (tertiary/aromatic N) is 1. The van der Waals surface area contributed by atoms with Crippen LogP contribution in [0.1, 0.15) is 46.8 Å².